The molecule has 1 atom stereocenters. The number of carbonyl (C=O) groups excluding carboxylic acids is 1. The molecule has 0 aliphatic rings. The largest absolute Gasteiger partial charge is 0.324 e. The Balaban J connectivity index is 2.04. The van der Waals surface area contributed by atoms with Crippen molar-refractivity contribution in [2.24, 2.45) is 0 Å². The minimum absolute atomic E-state index is 0.165. The predicted octanol–water partition coefficient (Wildman–Crippen LogP) is 5.25. The van der Waals surface area contributed by atoms with Crippen LogP contribution in [-0.2, 0) is 4.79 Å². The molecule has 0 bridgehead atoms. The van der Waals surface area contributed by atoms with Gasteiger partial charge in [0.1, 0.15) is 5.82 Å². The van der Waals surface area contributed by atoms with E-state index in [0.717, 1.165) is 11.0 Å². The van der Waals surface area contributed by atoms with Gasteiger partial charge in [0.2, 0.25) is 5.91 Å². The summed E-state index contributed by atoms with van der Waals surface area (Å²) in [4.78, 5) is 13.0. The Kier molecular flexibility index (Phi) is 5.51. The van der Waals surface area contributed by atoms with Gasteiger partial charge in [-0.3, -0.25) is 4.79 Å². The van der Waals surface area contributed by atoms with Crippen molar-refractivity contribution in [3.05, 3.63) is 58.3 Å². The molecule has 0 saturated heterocycles. The summed E-state index contributed by atoms with van der Waals surface area (Å²) in [5.41, 5.74) is 0.384. The number of hydrogen-bond acceptors (Lipinski definition) is 2. The molecule has 0 spiro atoms. The van der Waals surface area contributed by atoms with E-state index in [1.165, 1.54) is 23.9 Å². The maximum Gasteiger partial charge on any atom is 0.237 e. The molecule has 0 aliphatic heterocycles. The second-order valence-corrected chi connectivity index (χ2v) is 6.50. The van der Waals surface area contributed by atoms with Gasteiger partial charge in [0.05, 0.1) is 21.0 Å². The number of carbonyl (C=O) groups is 1. The van der Waals surface area contributed by atoms with Crippen LogP contribution in [0.25, 0.3) is 0 Å². The Morgan fingerprint density at radius 3 is 2.57 bits per heavy atom. The van der Waals surface area contributed by atoms with Crippen LogP contribution in [0.1, 0.15) is 6.92 Å². The molecule has 6 heteroatoms. The molecule has 0 unspecified atom stereocenters. The van der Waals surface area contributed by atoms with Crippen molar-refractivity contribution >= 4 is 46.6 Å². The molecular weight excluding hydrogens is 332 g/mol. The average molecular weight is 344 g/mol. The van der Waals surface area contributed by atoms with E-state index in [4.69, 9.17) is 23.2 Å². The van der Waals surface area contributed by atoms with Crippen LogP contribution in [0.15, 0.2) is 47.4 Å². The van der Waals surface area contributed by atoms with E-state index in [1.807, 2.05) is 18.2 Å². The second-order valence-electron chi connectivity index (χ2n) is 4.30. The van der Waals surface area contributed by atoms with Crippen molar-refractivity contribution in [1.29, 1.82) is 0 Å². The Bertz CT molecular complexity index is 666. The highest BCUT2D eigenvalue weighted by Gasteiger charge is 2.17. The zero-order chi connectivity index (χ0) is 15.4. The zero-order valence-corrected chi connectivity index (χ0v) is 13.4. The third kappa shape index (κ3) is 4.37. The third-order valence-corrected chi connectivity index (χ3v) is 4.63. The topological polar surface area (TPSA) is 29.1 Å². The van der Waals surface area contributed by atoms with Gasteiger partial charge in [-0.25, -0.2) is 4.39 Å². The first-order valence-corrected chi connectivity index (χ1v) is 7.78. The predicted molar refractivity (Wildman–Crippen MR) is 86.8 cm³/mol. The van der Waals surface area contributed by atoms with Gasteiger partial charge < -0.3 is 5.32 Å². The first kappa shape index (κ1) is 16.1. The summed E-state index contributed by atoms with van der Waals surface area (Å²) in [5.74, 6) is -0.676. The Morgan fingerprint density at radius 2 is 1.90 bits per heavy atom. The molecule has 2 rings (SSSR count). The first-order valence-electron chi connectivity index (χ1n) is 6.14. The SMILES string of the molecule is C[C@@H](Sc1ccccc1Cl)C(=O)Nc1ccc(F)cc1Cl. The average Bonchev–Trinajstić information content (AvgIpc) is 2.44. The lowest BCUT2D eigenvalue weighted by atomic mass is 10.3. The molecule has 2 nitrogen and oxygen atoms in total. The van der Waals surface area contributed by atoms with Gasteiger partial charge in [-0.2, -0.15) is 0 Å². The fourth-order valence-electron chi connectivity index (χ4n) is 1.61. The number of thioether (sulfide) groups is 1. The summed E-state index contributed by atoms with van der Waals surface area (Å²) >= 11 is 13.3. The van der Waals surface area contributed by atoms with Crippen molar-refractivity contribution in [3.8, 4) is 0 Å². The summed E-state index contributed by atoms with van der Waals surface area (Å²) in [6.07, 6.45) is 0. The Morgan fingerprint density at radius 1 is 1.19 bits per heavy atom. The highest BCUT2D eigenvalue weighted by atomic mass is 35.5. The number of halogens is 3. The van der Waals surface area contributed by atoms with Crippen LogP contribution < -0.4 is 5.32 Å². The normalized spacial score (nSPS) is 12.0. The van der Waals surface area contributed by atoms with E-state index in [9.17, 15) is 9.18 Å². The Labute approximate surface area is 136 Å². The van der Waals surface area contributed by atoms with Crippen LogP contribution >= 0.6 is 35.0 Å². The minimum atomic E-state index is -0.448. The molecule has 0 fully saturated rings. The molecule has 0 aliphatic carbocycles. The quantitative estimate of drug-likeness (QED) is 0.768. The number of nitrogens with one attached hydrogen (secondary N) is 1. The van der Waals surface area contributed by atoms with Crippen LogP contribution in [0, 0.1) is 5.82 Å². The molecular formula is C15H12Cl2FNOS. The lowest BCUT2D eigenvalue weighted by Crippen LogP contribution is -2.22. The standard InChI is InChI=1S/C15H12Cl2FNOS/c1-9(21-14-5-3-2-4-11(14)16)15(20)19-13-7-6-10(18)8-12(13)17/h2-9H,1H3,(H,19,20)/t9-/m1/s1. The van der Waals surface area contributed by atoms with E-state index >= 15 is 0 Å². The third-order valence-electron chi connectivity index (χ3n) is 2.70. The summed E-state index contributed by atoms with van der Waals surface area (Å²) in [5, 5.41) is 3.07. The molecule has 0 radical (unpaired) electrons. The highest BCUT2D eigenvalue weighted by molar-refractivity contribution is 8.00. The highest BCUT2D eigenvalue weighted by Crippen LogP contribution is 2.31. The summed E-state index contributed by atoms with van der Waals surface area (Å²) in [7, 11) is 0. The monoisotopic (exact) mass is 343 g/mol. The number of anilines is 1. The zero-order valence-electron chi connectivity index (χ0n) is 11.1. The van der Waals surface area contributed by atoms with Crippen molar-refractivity contribution in [2.75, 3.05) is 5.32 Å². The van der Waals surface area contributed by atoms with Gasteiger partial charge in [0.15, 0.2) is 0 Å². The van der Waals surface area contributed by atoms with Crippen LogP contribution in [-0.4, -0.2) is 11.2 Å². The maximum atomic E-state index is 13.0. The smallest absolute Gasteiger partial charge is 0.237 e. The second kappa shape index (κ2) is 7.16. The molecule has 0 heterocycles. The van der Waals surface area contributed by atoms with E-state index in [1.54, 1.807) is 13.0 Å². The van der Waals surface area contributed by atoms with Crippen molar-refractivity contribution < 1.29 is 9.18 Å². The summed E-state index contributed by atoms with van der Waals surface area (Å²) in [6.45, 7) is 1.76. The minimum Gasteiger partial charge on any atom is -0.324 e. The summed E-state index contributed by atoms with van der Waals surface area (Å²) in [6, 6.07) is 11.1. The number of benzene rings is 2. The molecule has 2 aromatic carbocycles. The van der Waals surface area contributed by atoms with Crippen molar-refractivity contribution in [1.82, 2.24) is 0 Å². The molecule has 0 saturated carbocycles. The van der Waals surface area contributed by atoms with Crippen LogP contribution in [0.2, 0.25) is 10.0 Å². The molecule has 2 aromatic rings. The van der Waals surface area contributed by atoms with E-state index in [-0.39, 0.29) is 16.2 Å². The first-order chi connectivity index (χ1) is 9.97. The van der Waals surface area contributed by atoms with Crippen LogP contribution in [0.4, 0.5) is 10.1 Å². The fraction of sp³-hybridized carbons (Fsp3) is 0.133. The Hall–Kier alpha value is -1.23. The maximum absolute atomic E-state index is 13.0. The fourth-order valence-corrected chi connectivity index (χ4v) is 2.98. The van der Waals surface area contributed by atoms with E-state index in [2.05, 4.69) is 5.32 Å². The van der Waals surface area contributed by atoms with Gasteiger partial charge in [0, 0.05) is 4.90 Å². The number of hydrogen-bond donors (Lipinski definition) is 1. The summed E-state index contributed by atoms with van der Waals surface area (Å²) < 4.78 is 13.0. The van der Waals surface area contributed by atoms with E-state index < -0.39 is 5.82 Å². The number of amides is 1. The van der Waals surface area contributed by atoms with Crippen LogP contribution in [0.5, 0.6) is 0 Å². The van der Waals surface area contributed by atoms with Gasteiger partial charge in [0.25, 0.3) is 0 Å². The lowest BCUT2D eigenvalue weighted by molar-refractivity contribution is -0.115. The lowest BCUT2D eigenvalue weighted by Gasteiger charge is -2.13. The molecule has 0 aromatic heterocycles. The van der Waals surface area contributed by atoms with Gasteiger partial charge >= 0.3 is 0 Å². The van der Waals surface area contributed by atoms with Crippen molar-refractivity contribution in [2.45, 2.75) is 17.1 Å². The van der Waals surface area contributed by atoms with Crippen LogP contribution in [0.3, 0.4) is 0 Å². The number of rotatable bonds is 4. The van der Waals surface area contributed by atoms with E-state index in [0.29, 0.717) is 10.7 Å². The molecule has 1 N–H and O–H groups in total. The molecule has 21 heavy (non-hydrogen) atoms. The molecule has 110 valence electrons. The van der Waals surface area contributed by atoms with Gasteiger partial charge in [-0.15, -0.1) is 11.8 Å². The molecule has 1 amide bonds. The van der Waals surface area contributed by atoms with Gasteiger partial charge in [-0.1, -0.05) is 35.3 Å². The van der Waals surface area contributed by atoms with Gasteiger partial charge in [-0.05, 0) is 37.3 Å². The van der Waals surface area contributed by atoms with Crippen molar-refractivity contribution in [3.63, 3.8) is 0 Å².